The Hall–Kier alpha value is -0.910. The van der Waals surface area contributed by atoms with Gasteiger partial charge in [-0.05, 0) is 23.8 Å². The number of benzene rings is 1. The molecule has 4 nitrogen and oxygen atoms in total. The lowest BCUT2D eigenvalue weighted by atomic mass is 9.94. The van der Waals surface area contributed by atoms with Crippen molar-refractivity contribution < 1.29 is 8.42 Å². The number of nitrogens with two attached hydrogens (primary N) is 1. The van der Waals surface area contributed by atoms with Crippen LogP contribution in [0.1, 0.15) is 31.9 Å². The molecule has 0 aromatic heterocycles. The second-order valence-corrected chi connectivity index (χ2v) is 8.07. The predicted octanol–water partition coefficient (Wildman–Crippen LogP) is 1.99. The van der Waals surface area contributed by atoms with E-state index in [1.54, 1.807) is 4.31 Å². The van der Waals surface area contributed by atoms with Crippen LogP contribution in [0.5, 0.6) is 0 Å². The number of hydrogen-bond acceptors (Lipinski definition) is 3. The van der Waals surface area contributed by atoms with Crippen molar-refractivity contribution in [3.63, 3.8) is 0 Å². The van der Waals surface area contributed by atoms with Crippen LogP contribution in [0, 0.1) is 11.8 Å². The van der Waals surface area contributed by atoms with E-state index in [1.165, 1.54) is 0 Å². The lowest BCUT2D eigenvalue weighted by molar-refractivity contribution is 0.222. The molecule has 1 aromatic rings. The van der Waals surface area contributed by atoms with Gasteiger partial charge in [-0.3, -0.25) is 0 Å². The summed E-state index contributed by atoms with van der Waals surface area (Å²) in [5.41, 5.74) is 6.92. The van der Waals surface area contributed by atoms with Crippen LogP contribution in [0.25, 0.3) is 0 Å². The van der Waals surface area contributed by atoms with E-state index >= 15 is 0 Å². The molecular weight excluding hydrogens is 272 g/mol. The molecule has 2 N–H and O–H groups in total. The molecule has 1 aliphatic heterocycles. The first-order valence-electron chi connectivity index (χ1n) is 7.17. The van der Waals surface area contributed by atoms with Crippen LogP contribution in [0.4, 0.5) is 0 Å². The van der Waals surface area contributed by atoms with E-state index < -0.39 is 16.1 Å². The third-order valence-corrected chi connectivity index (χ3v) is 5.71. The van der Waals surface area contributed by atoms with Crippen molar-refractivity contribution in [3.8, 4) is 0 Å². The molecule has 5 heteroatoms. The van der Waals surface area contributed by atoms with E-state index in [1.807, 2.05) is 30.3 Å². The summed E-state index contributed by atoms with van der Waals surface area (Å²) in [7, 11) is -3.29. The van der Waals surface area contributed by atoms with Gasteiger partial charge >= 0.3 is 0 Å². The van der Waals surface area contributed by atoms with E-state index in [2.05, 4.69) is 13.8 Å². The largest absolute Gasteiger partial charge is 0.323 e. The van der Waals surface area contributed by atoms with Gasteiger partial charge in [-0.15, -0.1) is 0 Å². The molecule has 3 unspecified atom stereocenters. The highest BCUT2D eigenvalue weighted by Crippen LogP contribution is 2.24. The normalized spacial score (nSPS) is 26.4. The Morgan fingerprint density at radius 3 is 2.30 bits per heavy atom. The van der Waals surface area contributed by atoms with Crippen LogP contribution >= 0.6 is 0 Å². The first-order valence-corrected chi connectivity index (χ1v) is 8.77. The fourth-order valence-corrected chi connectivity index (χ4v) is 4.78. The van der Waals surface area contributed by atoms with E-state index in [0.29, 0.717) is 24.9 Å². The summed E-state index contributed by atoms with van der Waals surface area (Å²) < 4.78 is 26.6. The topological polar surface area (TPSA) is 63.4 Å². The molecule has 0 amide bonds. The highest BCUT2D eigenvalue weighted by Gasteiger charge is 2.31. The van der Waals surface area contributed by atoms with Gasteiger partial charge < -0.3 is 5.73 Å². The van der Waals surface area contributed by atoms with Crippen molar-refractivity contribution in [2.45, 2.75) is 26.3 Å². The molecule has 1 fully saturated rings. The van der Waals surface area contributed by atoms with Crippen molar-refractivity contribution in [1.29, 1.82) is 0 Å². The summed E-state index contributed by atoms with van der Waals surface area (Å²) >= 11 is 0. The van der Waals surface area contributed by atoms with Gasteiger partial charge in [-0.2, -0.15) is 0 Å². The summed E-state index contributed by atoms with van der Waals surface area (Å²) in [6.07, 6.45) is 1.09. The second kappa shape index (κ2) is 6.24. The van der Waals surface area contributed by atoms with E-state index in [4.69, 9.17) is 5.73 Å². The van der Waals surface area contributed by atoms with Crippen molar-refractivity contribution in [2.24, 2.45) is 17.6 Å². The average Bonchev–Trinajstić information content (AvgIpc) is 2.38. The SMILES string of the molecule is CC1CC(C)CN(S(=O)(=O)CC(N)c2ccccc2)C1. The number of sulfonamides is 1. The molecule has 0 aliphatic carbocycles. The van der Waals surface area contributed by atoms with Gasteiger partial charge in [0.1, 0.15) is 0 Å². The molecule has 112 valence electrons. The van der Waals surface area contributed by atoms with Crippen molar-refractivity contribution in [2.75, 3.05) is 18.8 Å². The molecule has 20 heavy (non-hydrogen) atoms. The lowest BCUT2D eigenvalue weighted by Crippen LogP contribution is -2.45. The molecule has 2 rings (SSSR count). The van der Waals surface area contributed by atoms with Gasteiger partial charge in [0.15, 0.2) is 0 Å². The number of piperidine rings is 1. The maximum absolute atomic E-state index is 12.5. The Morgan fingerprint density at radius 2 is 1.75 bits per heavy atom. The fourth-order valence-electron chi connectivity index (χ4n) is 2.96. The minimum Gasteiger partial charge on any atom is -0.323 e. The van der Waals surface area contributed by atoms with Crippen LogP contribution in [-0.2, 0) is 10.0 Å². The van der Waals surface area contributed by atoms with Crippen molar-refractivity contribution in [1.82, 2.24) is 4.31 Å². The summed E-state index contributed by atoms with van der Waals surface area (Å²) in [6.45, 7) is 5.45. The summed E-state index contributed by atoms with van der Waals surface area (Å²) in [5, 5.41) is 0. The minimum atomic E-state index is -3.29. The average molecular weight is 296 g/mol. The molecule has 0 radical (unpaired) electrons. The number of hydrogen-bond donors (Lipinski definition) is 1. The van der Waals surface area contributed by atoms with Crippen LogP contribution in [0.3, 0.4) is 0 Å². The van der Waals surface area contributed by atoms with Gasteiger partial charge in [0.2, 0.25) is 10.0 Å². The van der Waals surface area contributed by atoms with Gasteiger partial charge in [-0.25, -0.2) is 12.7 Å². The lowest BCUT2D eigenvalue weighted by Gasteiger charge is -2.34. The summed E-state index contributed by atoms with van der Waals surface area (Å²) in [6, 6.07) is 8.95. The molecular formula is C15H24N2O2S. The van der Waals surface area contributed by atoms with Crippen LogP contribution in [0.15, 0.2) is 30.3 Å². The highest BCUT2D eigenvalue weighted by atomic mass is 32.2. The predicted molar refractivity (Wildman–Crippen MR) is 81.7 cm³/mol. The first kappa shape index (κ1) is 15.5. The molecule has 3 atom stereocenters. The van der Waals surface area contributed by atoms with Gasteiger partial charge in [0.05, 0.1) is 5.75 Å². The van der Waals surface area contributed by atoms with Crippen molar-refractivity contribution >= 4 is 10.0 Å². The molecule has 0 bridgehead atoms. The standard InChI is InChI=1S/C15H24N2O2S/c1-12-8-13(2)10-17(9-12)20(18,19)11-15(16)14-6-4-3-5-7-14/h3-7,12-13,15H,8-11,16H2,1-2H3. The maximum atomic E-state index is 12.5. The molecule has 1 aromatic carbocycles. The Labute approximate surface area is 122 Å². The smallest absolute Gasteiger partial charge is 0.215 e. The highest BCUT2D eigenvalue weighted by molar-refractivity contribution is 7.89. The van der Waals surface area contributed by atoms with Gasteiger partial charge in [0, 0.05) is 19.1 Å². The fraction of sp³-hybridized carbons (Fsp3) is 0.600. The zero-order valence-electron chi connectivity index (χ0n) is 12.2. The quantitative estimate of drug-likeness (QED) is 0.924. The number of nitrogens with zero attached hydrogens (tertiary/aromatic N) is 1. The maximum Gasteiger partial charge on any atom is 0.215 e. The third-order valence-electron chi connectivity index (χ3n) is 3.85. The zero-order chi connectivity index (χ0) is 14.8. The first-order chi connectivity index (χ1) is 9.38. The summed E-state index contributed by atoms with van der Waals surface area (Å²) in [4.78, 5) is 0. The Balaban J connectivity index is 2.07. The molecule has 1 saturated heterocycles. The third kappa shape index (κ3) is 3.81. The van der Waals surface area contributed by atoms with E-state index in [9.17, 15) is 8.42 Å². The summed E-state index contributed by atoms with van der Waals surface area (Å²) in [5.74, 6) is 0.819. The van der Waals surface area contributed by atoms with Crippen LogP contribution < -0.4 is 5.73 Å². The molecule has 0 saturated carbocycles. The van der Waals surface area contributed by atoms with E-state index in [-0.39, 0.29) is 5.75 Å². The molecule has 1 heterocycles. The Kier molecular flexibility index (Phi) is 4.83. The monoisotopic (exact) mass is 296 g/mol. The molecule has 0 spiro atoms. The van der Waals surface area contributed by atoms with Crippen molar-refractivity contribution in [3.05, 3.63) is 35.9 Å². The van der Waals surface area contributed by atoms with Gasteiger partial charge in [-0.1, -0.05) is 44.2 Å². The number of rotatable bonds is 4. The van der Waals surface area contributed by atoms with Gasteiger partial charge in [0.25, 0.3) is 0 Å². The Bertz CT molecular complexity index is 520. The van der Waals surface area contributed by atoms with Crippen LogP contribution in [-0.4, -0.2) is 31.6 Å². The molecule has 1 aliphatic rings. The van der Waals surface area contributed by atoms with E-state index in [0.717, 1.165) is 12.0 Å². The Morgan fingerprint density at radius 1 is 1.20 bits per heavy atom. The second-order valence-electron chi connectivity index (χ2n) is 6.06. The zero-order valence-corrected chi connectivity index (χ0v) is 13.0. The van der Waals surface area contributed by atoms with Crippen LogP contribution in [0.2, 0.25) is 0 Å². The minimum absolute atomic E-state index is 0.0174.